The number of Topliss-reactive ketones (excluding diaryl/α,β-unsaturated/α-hetero) is 1. The number of nitrogens with zero attached hydrogens (tertiary/aromatic N) is 1. The average Bonchev–Trinajstić information content (AvgIpc) is 2.29. The van der Waals surface area contributed by atoms with E-state index in [4.69, 9.17) is 0 Å². The molecule has 1 heterocycles. The quantitative estimate of drug-likeness (QED) is 0.417. The number of likely N-dealkylation sites (tertiary alicyclic amines) is 1. The summed E-state index contributed by atoms with van der Waals surface area (Å²) in [5.74, 6) is 0.458. The highest BCUT2D eigenvalue weighted by molar-refractivity contribution is 7.80. The predicted octanol–water partition coefficient (Wildman–Crippen LogP) is 0.299. The van der Waals surface area contributed by atoms with E-state index < -0.39 is 10.4 Å². The van der Waals surface area contributed by atoms with Crippen LogP contribution in [0.2, 0.25) is 0 Å². The van der Waals surface area contributed by atoms with Gasteiger partial charge in [0.1, 0.15) is 6.54 Å². The van der Waals surface area contributed by atoms with Crippen molar-refractivity contribution in [2.45, 2.75) is 26.7 Å². The highest BCUT2D eigenvalue weighted by Gasteiger charge is 2.30. The molecule has 1 fully saturated rings. The number of ketones is 1. The van der Waals surface area contributed by atoms with Crippen molar-refractivity contribution in [3.8, 4) is 0 Å². The summed E-state index contributed by atoms with van der Waals surface area (Å²) >= 11 is 0. The Bertz CT molecular complexity index is 335. The number of piperidine rings is 1. The molecule has 0 atom stereocenters. The zero-order chi connectivity index (χ0) is 13.5. The number of carbonyl (C=O) groups is 1. The molecule has 0 bridgehead atoms. The van der Waals surface area contributed by atoms with E-state index in [0.29, 0.717) is 5.78 Å². The van der Waals surface area contributed by atoms with E-state index in [9.17, 15) is 17.8 Å². The van der Waals surface area contributed by atoms with Gasteiger partial charge in [-0.3, -0.25) is 8.98 Å². The minimum absolute atomic E-state index is 0.458. The van der Waals surface area contributed by atoms with Crippen LogP contribution in [-0.4, -0.2) is 56.5 Å². The second-order valence-corrected chi connectivity index (χ2v) is 5.22. The molecule has 1 aliphatic rings. The van der Waals surface area contributed by atoms with Crippen LogP contribution in [0.5, 0.6) is 0 Å². The maximum absolute atomic E-state index is 11.2. The SMILES string of the molecule is CC[N+]1(CC)CCCC(=O)C1.COS(=O)(=O)[O-]. The fourth-order valence-corrected chi connectivity index (χ4v) is 1.91. The minimum Gasteiger partial charge on any atom is -0.726 e. The van der Waals surface area contributed by atoms with Gasteiger partial charge in [-0.15, -0.1) is 0 Å². The standard InChI is InChI=1S/C9H18NO.CH4O4S/c1-3-10(4-2)7-5-6-9(11)8-10;1-5-6(2,3)4/h3-8H2,1-2H3;1H3,(H,2,3,4)/q+1;/p-1. The number of quaternary nitrogens is 1. The van der Waals surface area contributed by atoms with Crippen LogP contribution in [0, 0.1) is 0 Å². The van der Waals surface area contributed by atoms with E-state index in [0.717, 1.165) is 44.1 Å². The zero-order valence-corrected chi connectivity index (χ0v) is 11.5. The van der Waals surface area contributed by atoms with Crippen molar-refractivity contribution in [2.24, 2.45) is 0 Å². The van der Waals surface area contributed by atoms with Crippen molar-refractivity contribution in [1.82, 2.24) is 0 Å². The summed E-state index contributed by atoms with van der Waals surface area (Å²) < 4.78 is 32.0. The van der Waals surface area contributed by atoms with E-state index in [1.54, 1.807) is 0 Å². The lowest BCUT2D eigenvalue weighted by atomic mass is 10.1. The second kappa shape index (κ2) is 7.05. The van der Waals surface area contributed by atoms with Crippen LogP contribution < -0.4 is 0 Å². The maximum Gasteiger partial charge on any atom is 0.217 e. The minimum atomic E-state index is -4.41. The van der Waals surface area contributed by atoms with Crippen LogP contribution in [0.4, 0.5) is 0 Å². The van der Waals surface area contributed by atoms with Crippen molar-refractivity contribution < 1.29 is 26.4 Å². The van der Waals surface area contributed by atoms with Crippen LogP contribution in [0.15, 0.2) is 0 Å². The van der Waals surface area contributed by atoms with Gasteiger partial charge in [0, 0.05) is 12.8 Å². The summed E-state index contributed by atoms with van der Waals surface area (Å²) in [7, 11) is -3.60. The van der Waals surface area contributed by atoms with E-state index in [-0.39, 0.29) is 0 Å². The molecule has 1 rings (SSSR count). The van der Waals surface area contributed by atoms with E-state index >= 15 is 0 Å². The molecule has 102 valence electrons. The summed E-state index contributed by atoms with van der Waals surface area (Å²) in [5.41, 5.74) is 0. The Morgan fingerprint density at radius 3 is 2.06 bits per heavy atom. The van der Waals surface area contributed by atoms with Gasteiger partial charge in [-0.05, 0) is 13.8 Å². The fourth-order valence-electron chi connectivity index (χ4n) is 1.91. The van der Waals surface area contributed by atoms with E-state index in [1.807, 2.05) is 0 Å². The number of carbonyl (C=O) groups excluding carboxylic acids is 1. The molecule has 1 saturated heterocycles. The van der Waals surface area contributed by atoms with Crippen LogP contribution in [0.25, 0.3) is 0 Å². The van der Waals surface area contributed by atoms with Crippen LogP contribution in [0.1, 0.15) is 26.7 Å². The number of likely N-dealkylation sites (N-methyl/N-ethyl adjacent to an activating group) is 1. The molecule has 0 N–H and O–H groups in total. The maximum atomic E-state index is 11.2. The molecule has 0 aromatic heterocycles. The van der Waals surface area contributed by atoms with Gasteiger partial charge in [0.05, 0.1) is 26.7 Å². The Morgan fingerprint density at radius 2 is 1.82 bits per heavy atom. The summed E-state index contributed by atoms with van der Waals surface area (Å²) in [5, 5.41) is 0. The summed E-state index contributed by atoms with van der Waals surface area (Å²) in [4.78, 5) is 11.2. The van der Waals surface area contributed by atoms with Gasteiger partial charge >= 0.3 is 0 Å². The highest BCUT2D eigenvalue weighted by Crippen LogP contribution is 2.15. The van der Waals surface area contributed by atoms with Gasteiger partial charge in [-0.25, -0.2) is 8.42 Å². The first-order chi connectivity index (χ1) is 7.78. The molecule has 0 spiro atoms. The van der Waals surface area contributed by atoms with Crippen molar-refractivity contribution in [2.75, 3.05) is 33.3 Å². The van der Waals surface area contributed by atoms with Gasteiger partial charge in [0.25, 0.3) is 0 Å². The van der Waals surface area contributed by atoms with Gasteiger partial charge in [0.15, 0.2) is 5.78 Å². The van der Waals surface area contributed by atoms with Gasteiger partial charge in [0.2, 0.25) is 10.4 Å². The molecule has 6 nitrogen and oxygen atoms in total. The van der Waals surface area contributed by atoms with E-state index in [2.05, 4.69) is 18.0 Å². The van der Waals surface area contributed by atoms with Crippen molar-refractivity contribution in [3.05, 3.63) is 0 Å². The molecule has 0 amide bonds. The summed E-state index contributed by atoms with van der Waals surface area (Å²) in [6.45, 7) is 8.58. The Balaban J connectivity index is 0.000000366. The van der Waals surface area contributed by atoms with Crippen molar-refractivity contribution in [3.63, 3.8) is 0 Å². The molecule has 0 unspecified atom stereocenters. The lowest BCUT2D eigenvalue weighted by Gasteiger charge is -2.38. The summed E-state index contributed by atoms with van der Waals surface area (Å²) in [6, 6.07) is 0. The average molecular weight is 267 g/mol. The van der Waals surface area contributed by atoms with Gasteiger partial charge < -0.3 is 9.04 Å². The lowest BCUT2D eigenvalue weighted by molar-refractivity contribution is -0.919. The third-order valence-corrected chi connectivity index (χ3v) is 3.55. The third kappa shape index (κ3) is 6.72. The molecule has 0 saturated carbocycles. The molecule has 0 aliphatic carbocycles. The Hall–Kier alpha value is -0.500. The van der Waals surface area contributed by atoms with Crippen LogP contribution in [0.3, 0.4) is 0 Å². The number of hydrogen-bond acceptors (Lipinski definition) is 5. The molecule has 17 heavy (non-hydrogen) atoms. The molecule has 0 aromatic carbocycles. The smallest absolute Gasteiger partial charge is 0.217 e. The van der Waals surface area contributed by atoms with Crippen molar-refractivity contribution in [1.29, 1.82) is 0 Å². The summed E-state index contributed by atoms with van der Waals surface area (Å²) in [6.07, 6.45) is 1.92. The Labute approximate surface area is 103 Å². The first-order valence-corrected chi connectivity index (χ1v) is 7.00. The Morgan fingerprint density at radius 1 is 1.35 bits per heavy atom. The molecular formula is C10H21NO5S. The molecule has 0 radical (unpaired) electrons. The number of rotatable bonds is 3. The second-order valence-electron chi connectivity index (χ2n) is 4.07. The zero-order valence-electron chi connectivity index (χ0n) is 10.6. The number of hydrogen-bond donors (Lipinski definition) is 0. The van der Waals surface area contributed by atoms with Gasteiger partial charge in [-0.1, -0.05) is 0 Å². The normalized spacial score (nSPS) is 19.4. The largest absolute Gasteiger partial charge is 0.726 e. The van der Waals surface area contributed by atoms with Crippen LogP contribution in [-0.2, 0) is 19.4 Å². The topological polar surface area (TPSA) is 83.5 Å². The highest BCUT2D eigenvalue weighted by atomic mass is 32.3. The lowest BCUT2D eigenvalue weighted by Crippen LogP contribution is -2.54. The first-order valence-electron chi connectivity index (χ1n) is 5.67. The fraction of sp³-hybridized carbons (Fsp3) is 0.900. The molecule has 7 heteroatoms. The van der Waals surface area contributed by atoms with Gasteiger partial charge in [-0.2, -0.15) is 0 Å². The molecule has 0 aromatic rings. The van der Waals surface area contributed by atoms with E-state index in [1.165, 1.54) is 6.54 Å². The third-order valence-electron chi connectivity index (χ3n) is 3.15. The monoisotopic (exact) mass is 267 g/mol. The van der Waals surface area contributed by atoms with Crippen LogP contribution >= 0.6 is 0 Å². The first kappa shape index (κ1) is 16.5. The Kier molecular flexibility index (Phi) is 6.84. The molecule has 1 aliphatic heterocycles. The van der Waals surface area contributed by atoms with Crippen molar-refractivity contribution >= 4 is 16.2 Å². The molecular weight excluding hydrogens is 246 g/mol. The predicted molar refractivity (Wildman–Crippen MR) is 62.0 cm³/mol.